The van der Waals surface area contributed by atoms with E-state index in [1.807, 2.05) is 19.1 Å². The lowest BCUT2D eigenvalue weighted by Crippen LogP contribution is -2.29. The van der Waals surface area contributed by atoms with Crippen molar-refractivity contribution in [2.75, 3.05) is 6.61 Å². The minimum atomic E-state index is -0.726. The van der Waals surface area contributed by atoms with Crippen molar-refractivity contribution in [1.29, 1.82) is 0 Å². The second kappa shape index (κ2) is 5.03. The molecule has 5 nitrogen and oxygen atoms in total. The van der Waals surface area contributed by atoms with Crippen molar-refractivity contribution in [3.05, 3.63) is 62.9 Å². The Morgan fingerprint density at radius 1 is 1.47 bits per heavy atom. The van der Waals surface area contributed by atoms with Crippen molar-refractivity contribution < 1.29 is 10.0 Å². The van der Waals surface area contributed by atoms with E-state index in [0.29, 0.717) is 5.56 Å². The third kappa shape index (κ3) is 2.34. The van der Waals surface area contributed by atoms with E-state index in [1.54, 1.807) is 12.3 Å². The van der Waals surface area contributed by atoms with E-state index in [1.165, 1.54) is 12.1 Å². The molecule has 0 aliphatic heterocycles. The van der Waals surface area contributed by atoms with Crippen LogP contribution < -0.4 is 0 Å². The van der Waals surface area contributed by atoms with Crippen molar-refractivity contribution in [2.45, 2.75) is 12.3 Å². The van der Waals surface area contributed by atoms with Crippen LogP contribution in [0.15, 0.2) is 36.5 Å². The van der Waals surface area contributed by atoms with E-state index >= 15 is 0 Å². The minimum Gasteiger partial charge on any atom is -0.395 e. The van der Waals surface area contributed by atoms with Crippen LogP contribution >= 0.6 is 11.6 Å². The first kappa shape index (κ1) is 13.6. The fourth-order valence-corrected chi connectivity index (χ4v) is 2.44. The van der Waals surface area contributed by atoms with Gasteiger partial charge in [0.05, 0.1) is 22.0 Å². The zero-order chi connectivity index (χ0) is 14.0. The Kier molecular flexibility index (Phi) is 3.59. The summed E-state index contributed by atoms with van der Waals surface area (Å²) in [5.41, 5.74) is 0.645. The molecule has 0 aliphatic carbocycles. The molecule has 2 aromatic rings. The number of nitro groups is 1. The van der Waals surface area contributed by atoms with E-state index in [0.717, 1.165) is 5.69 Å². The van der Waals surface area contributed by atoms with Crippen LogP contribution in [0.4, 0.5) is 5.69 Å². The predicted molar refractivity (Wildman–Crippen MR) is 72.4 cm³/mol. The summed E-state index contributed by atoms with van der Waals surface area (Å²) in [4.78, 5) is 13.2. The smallest absolute Gasteiger partial charge is 0.270 e. The normalized spacial score (nSPS) is 14.1. The molecule has 0 bridgehead atoms. The van der Waals surface area contributed by atoms with Crippen LogP contribution in [0.3, 0.4) is 0 Å². The van der Waals surface area contributed by atoms with Gasteiger partial charge in [0, 0.05) is 24.0 Å². The minimum absolute atomic E-state index is 0.0690. The summed E-state index contributed by atoms with van der Waals surface area (Å²) in [5, 5.41) is 20.7. The van der Waals surface area contributed by atoms with E-state index < -0.39 is 10.3 Å². The molecule has 1 unspecified atom stereocenters. The van der Waals surface area contributed by atoms with Gasteiger partial charge in [-0.15, -0.1) is 0 Å². The number of aromatic amines is 1. The quantitative estimate of drug-likeness (QED) is 0.667. The molecule has 0 fully saturated rings. The highest BCUT2D eigenvalue weighted by Gasteiger charge is 2.32. The zero-order valence-electron chi connectivity index (χ0n) is 10.3. The van der Waals surface area contributed by atoms with Crippen molar-refractivity contribution in [3.8, 4) is 0 Å². The molecule has 19 heavy (non-hydrogen) atoms. The molecule has 2 rings (SSSR count). The van der Waals surface area contributed by atoms with E-state index in [-0.39, 0.29) is 17.3 Å². The number of non-ortho nitro benzene ring substituents is 1. The molecule has 0 saturated carbocycles. The second-order valence-electron chi connectivity index (χ2n) is 4.50. The number of nitrogens with zero attached hydrogens (tertiary/aromatic N) is 1. The van der Waals surface area contributed by atoms with Gasteiger partial charge in [-0.3, -0.25) is 10.1 Å². The van der Waals surface area contributed by atoms with Crippen LogP contribution in [-0.2, 0) is 5.41 Å². The number of halogens is 1. The molecule has 0 radical (unpaired) electrons. The molecule has 0 aliphatic rings. The highest BCUT2D eigenvalue weighted by molar-refractivity contribution is 6.31. The van der Waals surface area contributed by atoms with Gasteiger partial charge in [0.25, 0.3) is 5.69 Å². The molecule has 2 N–H and O–H groups in total. The number of benzene rings is 1. The number of aliphatic hydroxyl groups excluding tert-OH is 1. The first-order valence-corrected chi connectivity index (χ1v) is 6.06. The van der Waals surface area contributed by atoms with Gasteiger partial charge in [0.1, 0.15) is 0 Å². The van der Waals surface area contributed by atoms with E-state index in [9.17, 15) is 15.2 Å². The Morgan fingerprint density at radius 2 is 2.21 bits per heavy atom. The Labute approximate surface area is 115 Å². The SMILES string of the molecule is CC(CO)(c1ccc[nH]1)c1ccc([N+](=O)[O-])cc1Cl. The fourth-order valence-electron chi connectivity index (χ4n) is 2.05. The van der Waals surface area contributed by atoms with Gasteiger partial charge >= 0.3 is 0 Å². The molecular weight excluding hydrogens is 268 g/mol. The summed E-state index contributed by atoms with van der Waals surface area (Å²) in [6.07, 6.45) is 1.75. The Balaban J connectivity index is 2.53. The Bertz CT molecular complexity index is 598. The molecule has 1 aromatic heterocycles. The lowest BCUT2D eigenvalue weighted by Gasteiger charge is -2.27. The Hall–Kier alpha value is -1.85. The molecule has 0 saturated heterocycles. The fraction of sp³-hybridized carbons (Fsp3) is 0.231. The van der Waals surface area contributed by atoms with Crippen LogP contribution in [0.1, 0.15) is 18.2 Å². The summed E-state index contributed by atoms with van der Waals surface area (Å²) < 4.78 is 0. The maximum atomic E-state index is 10.7. The summed E-state index contributed by atoms with van der Waals surface area (Å²) in [6.45, 7) is 1.66. The standard InChI is InChI=1S/C13H13ClN2O3/c1-13(8-17,12-3-2-6-15-12)10-5-4-9(16(18)19)7-11(10)14/h2-7,15,17H,8H2,1H3. The first-order valence-electron chi connectivity index (χ1n) is 5.68. The zero-order valence-corrected chi connectivity index (χ0v) is 11.0. The Morgan fingerprint density at radius 3 is 2.68 bits per heavy atom. The average Bonchev–Trinajstić information content (AvgIpc) is 2.92. The first-order chi connectivity index (χ1) is 8.99. The molecule has 1 heterocycles. The van der Waals surface area contributed by atoms with Crippen LogP contribution in [0.25, 0.3) is 0 Å². The van der Waals surface area contributed by atoms with Crippen molar-refractivity contribution >= 4 is 17.3 Å². The summed E-state index contributed by atoms with van der Waals surface area (Å²) >= 11 is 6.12. The lowest BCUT2D eigenvalue weighted by molar-refractivity contribution is -0.384. The number of aromatic nitrogens is 1. The number of aliphatic hydroxyl groups is 1. The van der Waals surface area contributed by atoms with Gasteiger partial charge in [0.2, 0.25) is 0 Å². The highest BCUT2D eigenvalue weighted by atomic mass is 35.5. The van der Waals surface area contributed by atoms with Gasteiger partial charge in [-0.05, 0) is 30.7 Å². The number of nitro benzene ring substituents is 1. The molecular formula is C13H13ClN2O3. The maximum Gasteiger partial charge on any atom is 0.270 e. The molecule has 0 amide bonds. The third-order valence-electron chi connectivity index (χ3n) is 3.27. The van der Waals surface area contributed by atoms with Crippen LogP contribution in [0.5, 0.6) is 0 Å². The van der Waals surface area contributed by atoms with Gasteiger partial charge in [-0.2, -0.15) is 0 Å². The monoisotopic (exact) mass is 280 g/mol. The van der Waals surface area contributed by atoms with Crippen LogP contribution in [-0.4, -0.2) is 21.6 Å². The van der Waals surface area contributed by atoms with Gasteiger partial charge in [-0.25, -0.2) is 0 Å². The number of H-pyrrole nitrogens is 1. The number of nitrogens with one attached hydrogen (secondary N) is 1. The maximum absolute atomic E-state index is 10.7. The lowest BCUT2D eigenvalue weighted by atomic mass is 9.80. The van der Waals surface area contributed by atoms with Crippen LogP contribution in [0.2, 0.25) is 5.02 Å². The van der Waals surface area contributed by atoms with Crippen molar-refractivity contribution in [1.82, 2.24) is 4.98 Å². The molecule has 6 heteroatoms. The van der Waals surface area contributed by atoms with E-state index in [4.69, 9.17) is 11.6 Å². The molecule has 0 spiro atoms. The van der Waals surface area contributed by atoms with Crippen molar-refractivity contribution in [2.24, 2.45) is 0 Å². The second-order valence-corrected chi connectivity index (χ2v) is 4.90. The highest BCUT2D eigenvalue weighted by Crippen LogP contribution is 2.36. The van der Waals surface area contributed by atoms with Gasteiger partial charge < -0.3 is 10.1 Å². The molecule has 1 aromatic carbocycles. The predicted octanol–water partition coefficient (Wildman–Crippen LogP) is 2.87. The van der Waals surface area contributed by atoms with Gasteiger partial charge in [-0.1, -0.05) is 11.6 Å². The average molecular weight is 281 g/mol. The van der Waals surface area contributed by atoms with Gasteiger partial charge in [0.15, 0.2) is 0 Å². The molecule has 100 valence electrons. The van der Waals surface area contributed by atoms with Crippen LogP contribution in [0, 0.1) is 10.1 Å². The van der Waals surface area contributed by atoms with E-state index in [2.05, 4.69) is 4.98 Å². The number of hydrogen-bond acceptors (Lipinski definition) is 3. The molecule has 1 atom stereocenters. The number of hydrogen-bond donors (Lipinski definition) is 2. The number of rotatable bonds is 4. The largest absolute Gasteiger partial charge is 0.395 e. The third-order valence-corrected chi connectivity index (χ3v) is 3.58. The summed E-state index contributed by atoms with van der Waals surface area (Å²) in [5.74, 6) is 0. The topological polar surface area (TPSA) is 79.2 Å². The summed E-state index contributed by atoms with van der Waals surface area (Å²) in [7, 11) is 0. The van der Waals surface area contributed by atoms with Crippen molar-refractivity contribution in [3.63, 3.8) is 0 Å². The summed E-state index contributed by atoms with van der Waals surface area (Å²) in [6, 6.07) is 7.93.